The Kier molecular flexibility index (Phi) is 5.26. The van der Waals surface area contributed by atoms with Crippen LogP contribution in [0.2, 0.25) is 0 Å². The molecule has 0 fully saturated rings. The fourth-order valence-electron chi connectivity index (χ4n) is 1.23. The Morgan fingerprint density at radius 1 is 1.44 bits per heavy atom. The minimum atomic E-state index is -1.07. The zero-order valence-corrected chi connectivity index (χ0v) is 9.90. The first-order chi connectivity index (χ1) is 8.50. The van der Waals surface area contributed by atoms with Crippen LogP contribution in [0.4, 0.5) is 4.39 Å². The van der Waals surface area contributed by atoms with Crippen molar-refractivity contribution in [3.05, 3.63) is 35.1 Å². The van der Waals surface area contributed by atoms with E-state index in [2.05, 4.69) is 5.32 Å². The first-order valence-electron chi connectivity index (χ1n) is 5.34. The molecule has 6 heteroatoms. The Morgan fingerprint density at radius 3 is 2.78 bits per heavy atom. The fourth-order valence-corrected chi connectivity index (χ4v) is 1.23. The number of carboxylic acids is 1. The predicted molar refractivity (Wildman–Crippen MR) is 61.9 cm³/mol. The third-order valence-corrected chi connectivity index (χ3v) is 2.19. The maximum atomic E-state index is 13.2. The van der Waals surface area contributed by atoms with Crippen LogP contribution in [0.3, 0.4) is 0 Å². The van der Waals surface area contributed by atoms with Gasteiger partial charge in [0.05, 0.1) is 6.61 Å². The van der Waals surface area contributed by atoms with Crippen molar-refractivity contribution >= 4 is 11.9 Å². The summed E-state index contributed by atoms with van der Waals surface area (Å²) in [4.78, 5) is 21.7. The first kappa shape index (κ1) is 14.1. The second kappa shape index (κ2) is 6.70. The van der Waals surface area contributed by atoms with Gasteiger partial charge >= 0.3 is 5.97 Å². The number of halogens is 1. The smallest absolute Gasteiger partial charge is 0.329 e. The van der Waals surface area contributed by atoms with Crippen molar-refractivity contribution in [3.63, 3.8) is 0 Å². The van der Waals surface area contributed by atoms with Crippen molar-refractivity contribution in [1.29, 1.82) is 0 Å². The third-order valence-electron chi connectivity index (χ3n) is 2.19. The molecule has 0 aliphatic heterocycles. The van der Waals surface area contributed by atoms with E-state index in [1.54, 1.807) is 6.92 Å². The van der Waals surface area contributed by atoms with Crippen molar-refractivity contribution in [3.8, 4) is 0 Å². The standard InChI is InChI=1S/C12H14FNO4/c1-8-2-3-9(6-10(8)13)12(17)14-4-5-18-7-11(15)16/h2-3,6H,4-5,7H2,1H3,(H,14,17)(H,15,16). The van der Waals surface area contributed by atoms with E-state index in [-0.39, 0.29) is 18.7 Å². The molecule has 2 N–H and O–H groups in total. The molecule has 0 spiro atoms. The average molecular weight is 255 g/mol. The topological polar surface area (TPSA) is 75.6 Å². The van der Waals surface area contributed by atoms with Crippen LogP contribution in [0.15, 0.2) is 18.2 Å². The average Bonchev–Trinajstić information content (AvgIpc) is 2.31. The summed E-state index contributed by atoms with van der Waals surface area (Å²) in [5, 5.41) is 10.8. The molecule has 0 radical (unpaired) electrons. The van der Waals surface area contributed by atoms with Crippen molar-refractivity contribution in [2.24, 2.45) is 0 Å². The third kappa shape index (κ3) is 4.50. The molecule has 0 bridgehead atoms. The molecule has 0 aromatic heterocycles. The molecule has 1 amide bonds. The summed E-state index contributed by atoms with van der Waals surface area (Å²) < 4.78 is 17.9. The molecule has 0 unspecified atom stereocenters. The van der Waals surface area contributed by atoms with Gasteiger partial charge in [0.15, 0.2) is 0 Å². The van der Waals surface area contributed by atoms with Gasteiger partial charge in [-0.2, -0.15) is 0 Å². The van der Waals surface area contributed by atoms with E-state index in [1.165, 1.54) is 12.1 Å². The molecule has 0 heterocycles. The Hall–Kier alpha value is -1.95. The maximum absolute atomic E-state index is 13.2. The maximum Gasteiger partial charge on any atom is 0.329 e. The van der Waals surface area contributed by atoms with Gasteiger partial charge < -0.3 is 15.2 Å². The zero-order chi connectivity index (χ0) is 13.5. The van der Waals surface area contributed by atoms with E-state index < -0.39 is 24.3 Å². The number of aliphatic carboxylic acids is 1. The van der Waals surface area contributed by atoms with Crippen molar-refractivity contribution < 1.29 is 23.8 Å². The molecule has 0 saturated carbocycles. The highest BCUT2D eigenvalue weighted by Crippen LogP contribution is 2.08. The van der Waals surface area contributed by atoms with E-state index in [9.17, 15) is 14.0 Å². The van der Waals surface area contributed by atoms with Gasteiger partial charge in [-0.15, -0.1) is 0 Å². The summed E-state index contributed by atoms with van der Waals surface area (Å²) >= 11 is 0. The molecule has 18 heavy (non-hydrogen) atoms. The Labute approximate surface area is 104 Å². The molecular weight excluding hydrogens is 241 g/mol. The Morgan fingerprint density at radius 2 is 2.17 bits per heavy atom. The van der Waals surface area contributed by atoms with Crippen LogP contribution >= 0.6 is 0 Å². The van der Waals surface area contributed by atoms with Gasteiger partial charge in [0.2, 0.25) is 0 Å². The summed E-state index contributed by atoms with van der Waals surface area (Å²) in [6.07, 6.45) is 0. The van der Waals surface area contributed by atoms with Crippen molar-refractivity contribution in [2.75, 3.05) is 19.8 Å². The van der Waals surface area contributed by atoms with Crippen molar-refractivity contribution in [1.82, 2.24) is 5.32 Å². The Balaban J connectivity index is 2.36. The number of benzene rings is 1. The molecule has 1 aromatic rings. The summed E-state index contributed by atoms with van der Waals surface area (Å²) in [6.45, 7) is 1.46. The lowest BCUT2D eigenvalue weighted by molar-refractivity contribution is -0.142. The number of carboxylic acid groups (broad SMARTS) is 1. The van der Waals surface area contributed by atoms with Crippen LogP contribution in [0.5, 0.6) is 0 Å². The Bertz CT molecular complexity index is 448. The molecule has 0 atom stereocenters. The molecule has 0 aliphatic carbocycles. The highest BCUT2D eigenvalue weighted by atomic mass is 19.1. The van der Waals surface area contributed by atoms with Crippen LogP contribution in [0, 0.1) is 12.7 Å². The number of hydrogen-bond acceptors (Lipinski definition) is 3. The second-order valence-electron chi connectivity index (χ2n) is 3.67. The number of hydrogen-bond donors (Lipinski definition) is 2. The lowest BCUT2D eigenvalue weighted by atomic mass is 10.1. The normalized spacial score (nSPS) is 10.1. The van der Waals surface area contributed by atoms with Gasteiger partial charge in [-0.3, -0.25) is 4.79 Å². The van der Waals surface area contributed by atoms with Crippen LogP contribution < -0.4 is 5.32 Å². The van der Waals surface area contributed by atoms with E-state index >= 15 is 0 Å². The number of carbonyl (C=O) groups is 2. The lowest BCUT2D eigenvalue weighted by Gasteiger charge is -2.06. The van der Waals surface area contributed by atoms with Gasteiger partial charge in [-0.05, 0) is 24.6 Å². The largest absolute Gasteiger partial charge is 0.480 e. The molecular formula is C12H14FNO4. The number of nitrogens with one attached hydrogen (secondary N) is 1. The van der Waals surface area contributed by atoms with Crippen LogP contribution in [-0.2, 0) is 9.53 Å². The summed E-state index contributed by atoms with van der Waals surface area (Å²) in [6, 6.07) is 4.19. The molecule has 0 saturated heterocycles. The minimum absolute atomic E-state index is 0.0897. The number of amides is 1. The van der Waals surface area contributed by atoms with E-state index in [4.69, 9.17) is 9.84 Å². The van der Waals surface area contributed by atoms with Gasteiger partial charge in [-0.25, -0.2) is 9.18 Å². The second-order valence-corrected chi connectivity index (χ2v) is 3.67. The SMILES string of the molecule is Cc1ccc(C(=O)NCCOCC(=O)O)cc1F. The minimum Gasteiger partial charge on any atom is -0.480 e. The predicted octanol–water partition coefficient (Wildman–Crippen LogP) is 0.965. The van der Waals surface area contributed by atoms with Crippen LogP contribution in [-0.4, -0.2) is 36.7 Å². The molecule has 98 valence electrons. The number of aryl methyl sites for hydroxylation is 1. The summed E-state index contributed by atoms with van der Waals surface area (Å²) in [5.41, 5.74) is 0.688. The number of ether oxygens (including phenoxy) is 1. The first-order valence-corrected chi connectivity index (χ1v) is 5.34. The summed E-state index contributed by atoms with van der Waals surface area (Å²) in [5.74, 6) is -1.93. The van der Waals surface area contributed by atoms with Gasteiger partial charge in [0.1, 0.15) is 12.4 Å². The molecule has 0 aliphatic rings. The summed E-state index contributed by atoms with van der Waals surface area (Å²) in [7, 11) is 0. The van der Waals surface area contributed by atoms with Gasteiger partial charge in [0.25, 0.3) is 5.91 Å². The molecule has 1 aromatic carbocycles. The monoisotopic (exact) mass is 255 g/mol. The van der Waals surface area contributed by atoms with Gasteiger partial charge in [0, 0.05) is 12.1 Å². The lowest BCUT2D eigenvalue weighted by Crippen LogP contribution is -2.28. The van der Waals surface area contributed by atoms with Crippen molar-refractivity contribution in [2.45, 2.75) is 6.92 Å². The number of rotatable bonds is 6. The van der Waals surface area contributed by atoms with Crippen LogP contribution in [0.25, 0.3) is 0 Å². The number of carbonyl (C=O) groups excluding carboxylic acids is 1. The highest BCUT2D eigenvalue weighted by molar-refractivity contribution is 5.94. The van der Waals surface area contributed by atoms with Gasteiger partial charge in [-0.1, -0.05) is 6.07 Å². The van der Waals surface area contributed by atoms with E-state index in [0.717, 1.165) is 6.07 Å². The highest BCUT2D eigenvalue weighted by Gasteiger charge is 2.07. The fraction of sp³-hybridized carbons (Fsp3) is 0.333. The quantitative estimate of drug-likeness (QED) is 0.742. The molecule has 5 nitrogen and oxygen atoms in total. The molecule has 1 rings (SSSR count). The van der Waals surface area contributed by atoms with E-state index in [1.807, 2.05) is 0 Å². The van der Waals surface area contributed by atoms with Crippen LogP contribution in [0.1, 0.15) is 15.9 Å². The zero-order valence-electron chi connectivity index (χ0n) is 9.90. The van der Waals surface area contributed by atoms with E-state index in [0.29, 0.717) is 5.56 Å².